The fourth-order valence-corrected chi connectivity index (χ4v) is 3.76. The van der Waals surface area contributed by atoms with Crippen molar-refractivity contribution in [3.63, 3.8) is 0 Å². The second kappa shape index (κ2) is 8.48. The van der Waals surface area contributed by atoms with Gasteiger partial charge in [0.1, 0.15) is 11.3 Å². The molecule has 0 radical (unpaired) electrons. The highest BCUT2D eigenvalue weighted by molar-refractivity contribution is 5.90. The number of esters is 1. The summed E-state index contributed by atoms with van der Waals surface area (Å²) in [4.78, 5) is 25.8. The van der Waals surface area contributed by atoms with Crippen LogP contribution in [0.15, 0.2) is 79.0 Å². The highest BCUT2D eigenvalue weighted by atomic mass is 16.5. The van der Waals surface area contributed by atoms with E-state index in [-0.39, 0.29) is 0 Å². The Labute approximate surface area is 194 Å². The number of benzene rings is 2. The Hall–Kier alpha value is -5.03. The first-order chi connectivity index (χ1) is 16.6. The average Bonchev–Trinajstić information content (AvgIpc) is 3.27. The summed E-state index contributed by atoms with van der Waals surface area (Å²) in [6.07, 6.45) is 1.62. The predicted molar refractivity (Wildman–Crippen MR) is 128 cm³/mol. The van der Waals surface area contributed by atoms with Crippen molar-refractivity contribution >= 4 is 23.0 Å². The fourth-order valence-electron chi connectivity index (χ4n) is 3.76. The molecular formula is C26H18N6O2. The number of imidazole rings is 1. The number of carbonyl (C=O) groups is 1. The van der Waals surface area contributed by atoms with E-state index in [1.807, 2.05) is 34.9 Å². The lowest BCUT2D eigenvalue weighted by molar-refractivity contribution is 0.0600. The molecule has 0 aliphatic rings. The standard InChI is InChI=1S/C26H18N6O2/c1-34-26(33)17-7-9-19(10-8-17)32-24(20-6-3-13-29-23(20)28)31-22-12-11-21(30-25(22)32)18-5-2-4-16(14-18)15-27/h2-14H,1H3,(H2,28,29). The third kappa shape index (κ3) is 3.61. The van der Waals surface area contributed by atoms with E-state index < -0.39 is 5.97 Å². The highest BCUT2D eigenvalue weighted by Crippen LogP contribution is 2.31. The Kier molecular flexibility index (Phi) is 5.20. The molecular weight excluding hydrogens is 428 g/mol. The molecule has 8 nitrogen and oxygen atoms in total. The number of nitrogens with two attached hydrogens (primary N) is 1. The van der Waals surface area contributed by atoms with Gasteiger partial charge < -0.3 is 10.5 Å². The Morgan fingerprint density at radius 2 is 1.85 bits per heavy atom. The number of hydrogen-bond donors (Lipinski definition) is 1. The number of aromatic nitrogens is 4. The van der Waals surface area contributed by atoms with Crippen LogP contribution in [0.25, 0.3) is 39.5 Å². The van der Waals surface area contributed by atoms with Gasteiger partial charge in [-0.05, 0) is 60.7 Å². The molecule has 0 aliphatic carbocycles. The number of fused-ring (bicyclic) bond motifs is 1. The van der Waals surface area contributed by atoms with E-state index in [0.717, 1.165) is 11.3 Å². The summed E-state index contributed by atoms with van der Waals surface area (Å²) in [5.41, 5.74) is 11.3. The minimum absolute atomic E-state index is 0.340. The maximum atomic E-state index is 11.9. The van der Waals surface area contributed by atoms with Crippen molar-refractivity contribution in [1.82, 2.24) is 19.5 Å². The maximum Gasteiger partial charge on any atom is 0.337 e. The van der Waals surface area contributed by atoms with Gasteiger partial charge in [0.05, 0.1) is 35.6 Å². The van der Waals surface area contributed by atoms with Crippen molar-refractivity contribution in [3.05, 3.63) is 90.1 Å². The van der Waals surface area contributed by atoms with Gasteiger partial charge in [-0.15, -0.1) is 0 Å². The lowest BCUT2D eigenvalue weighted by Gasteiger charge is -2.11. The van der Waals surface area contributed by atoms with E-state index in [0.29, 0.717) is 45.2 Å². The molecule has 0 atom stereocenters. The molecule has 5 rings (SSSR count). The minimum Gasteiger partial charge on any atom is -0.465 e. The largest absolute Gasteiger partial charge is 0.465 e. The molecule has 0 bridgehead atoms. The summed E-state index contributed by atoms with van der Waals surface area (Å²) in [5.74, 6) is 0.491. The molecule has 0 aliphatic heterocycles. The normalized spacial score (nSPS) is 10.7. The van der Waals surface area contributed by atoms with Gasteiger partial charge in [-0.3, -0.25) is 4.57 Å². The van der Waals surface area contributed by atoms with Gasteiger partial charge in [0.25, 0.3) is 0 Å². The van der Waals surface area contributed by atoms with E-state index in [1.165, 1.54) is 7.11 Å². The van der Waals surface area contributed by atoms with Crippen molar-refractivity contribution < 1.29 is 9.53 Å². The first kappa shape index (κ1) is 20.8. The summed E-state index contributed by atoms with van der Waals surface area (Å²) in [7, 11) is 1.34. The molecule has 0 amide bonds. The molecule has 164 valence electrons. The van der Waals surface area contributed by atoms with Gasteiger partial charge in [-0.25, -0.2) is 19.7 Å². The van der Waals surface area contributed by atoms with E-state index in [1.54, 1.807) is 48.7 Å². The van der Waals surface area contributed by atoms with Gasteiger partial charge in [0.2, 0.25) is 0 Å². The van der Waals surface area contributed by atoms with Crippen LogP contribution >= 0.6 is 0 Å². The monoisotopic (exact) mass is 446 g/mol. The summed E-state index contributed by atoms with van der Waals surface area (Å²) in [6.45, 7) is 0. The lowest BCUT2D eigenvalue weighted by Crippen LogP contribution is -2.04. The molecule has 3 heterocycles. The van der Waals surface area contributed by atoms with Crippen molar-refractivity contribution in [2.75, 3.05) is 12.8 Å². The number of rotatable bonds is 4. The Balaban J connectivity index is 1.75. The predicted octanol–water partition coefficient (Wildman–Crippen LogP) is 4.39. The minimum atomic E-state index is -0.420. The molecule has 0 saturated carbocycles. The number of hydrogen-bond acceptors (Lipinski definition) is 7. The zero-order valence-corrected chi connectivity index (χ0v) is 18.1. The van der Waals surface area contributed by atoms with Crippen LogP contribution in [0.3, 0.4) is 0 Å². The van der Waals surface area contributed by atoms with Gasteiger partial charge in [0.15, 0.2) is 11.5 Å². The van der Waals surface area contributed by atoms with Crippen molar-refractivity contribution in [3.8, 4) is 34.4 Å². The van der Waals surface area contributed by atoms with Crippen LogP contribution in [0.2, 0.25) is 0 Å². The third-order valence-electron chi connectivity index (χ3n) is 5.42. The maximum absolute atomic E-state index is 11.9. The Morgan fingerprint density at radius 3 is 2.59 bits per heavy atom. The molecule has 0 fully saturated rings. The average molecular weight is 446 g/mol. The molecule has 34 heavy (non-hydrogen) atoms. The first-order valence-electron chi connectivity index (χ1n) is 10.4. The number of methoxy groups -OCH3 is 1. The number of carbonyl (C=O) groups excluding carboxylic acids is 1. The molecule has 2 N–H and O–H groups in total. The molecule has 8 heteroatoms. The van der Waals surface area contributed by atoms with Crippen LogP contribution in [0.5, 0.6) is 0 Å². The summed E-state index contributed by atoms with van der Waals surface area (Å²) in [5, 5.41) is 9.27. The van der Waals surface area contributed by atoms with Crippen LogP contribution in [-0.4, -0.2) is 32.6 Å². The van der Waals surface area contributed by atoms with Gasteiger partial charge in [-0.2, -0.15) is 5.26 Å². The van der Waals surface area contributed by atoms with Crippen LogP contribution in [-0.2, 0) is 4.74 Å². The van der Waals surface area contributed by atoms with Crippen LogP contribution in [0, 0.1) is 11.3 Å². The lowest BCUT2D eigenvalue weighted by atomic mass is 10.1. The fraction of sp³-hybridized carbons (Fsp3) is 0.0385. The van der Waals surface area contributed by atoms with Gasteiger partial charge >= 0.3 is 5.97 Å². The Morgan fingerprint density at radius 1 is 1.03 bits per heavy atom. The van der Waals surface area contributed by atoms with Crippen molar-refractivity contribution in [2.45, 2.75) is 0 Å². The van der Waals surface area contributed by atoms with E-state index >= 15 is 0 Å². The van der Waals surface area contributed by atoms with Crippen molar-refractivity contribution in [2.24, 2.45) is 0 Å². The molecule has 5 aromatic rings. The van der Waals surface area contributed by atoms with Crippen molar-refractivity contribution in [1.29, 1.82) is 5.26 Å². The van der Waals surface area contributed by atoms with E-state index in [9.17, 15) is 10.1 Å². The van der Waals surface area contributed by atoms with Crippen LogP contribution in [0.1, 0.15) is 15.9 Å². The zero-order chi connectivity index (χ0) is 23.7. The number of nitrogen functional groups attached to an aromatic ring is 1. The molecule has 0 unspecified atom stereocenters. The second-order valence-electron chi connectivity index (χ2n) is 7.48. The summed E-state index contributed by atoms with van der Waals surface area (Å²) >= 11 is 0. The number of pyridine rings is 2. The first-order valence-corrected chi connectivity index (χ1v) is 10.4. The number of ether oxygens (including phenoxy) is 1. The summed E-state index contributed by atoms with van der Waals surface area (Å²) < 4.78 is 6.69. The quantitative estimate of drug-likeness (QED) is 0.407. The molecule has 0 saturated heterocycles. The van der Waals surface area contributed by atoms with Gasteiger partial charge in [0, 0.05) is 17.4 Å². The summed E-state index contributed by atoms with van der Waals surface area (Å²) in [6, 6.07) is 23.8. The van der Waals surface area contributed by atoms with E-state index in [2.05, 4.69) is 11.1 Å². The zero-order valence-electron chi connectivity index (χ0n) is 18.1. The Bertz CT molecular complexity index is 1580. The number of anilines is 1. The molecule has 3 aromatic heterocycles. The number of nitriles is 1. The van der Waals surface area contributed by atoms with Crippen LogP contribution in [0.4, 0.5) is 5.82 Å². The molecule has 2 aromatic carbocycles. The van der Waals surface area contributed by atoms with Gasteiger partial charge in [-0.1, -0.05) is 12.1 Å². The highest BCUT2D eigenvalue weighted by Gasteiger charge is 2.19. The SMILES string of the molecule is COC(=O)c1ccc(-n2c(-c3cccnc3N)nc3ccc(-c4cccc(C#N)c4)nc32)cc1. The number of nitrogens with zero attached hydrogens (tertiary/aromatic N) is 5. The third-order valence-corrected chi connectivity index (χ3v) is 5.42. The van der Waals surface area contributed by atoms with E-state index in [4.69, 9.17) is 20.4 Å². The van der Waals surface area contributed by atoms with Crippen LogP contribution < -0.4 is 5.73 Å². The topological polar surface area (TPSA) is 120 Å². The second-order valence-corrected chi connectivity index (χ2v) is 7.48. The smallest absolute Gasteiger partial charge is 0.337 e. The molecule has 0 spiro atoms.